The van der Waals surface area contributed by atoms with Gasteiger partial charge in [-0.2, -0.15) is 0 Å². The van der Waals surface area contributed by atoms with Gasteiger partial charge >= 0.3 is 6.36 Å². The molecule has 3 aromatic rings. The standard InChI is InChI=1S/C25H21F3N2O4/c1-15(16-9-11-20(12-10-16)34-25(26,27)28)29-23(31)18-6-4-7-19(13-18)30-24(32)22-14-17-5-2-3-8-21(17)33-22/h2-13,15,22H,14H2,1H3,(H,29,31)(H,30,32). The van der Waals surface area contributed by atoms with Crippen LogP contribution >= 0.6 is 0 Å². The predicted molar refractivity (Wildman–Crippen MR) is 119 cm³/mol. The van der Waals surface area contributed by atoms with E-state index in [0.29, 0.717) is 29.0 Å². The van der Waals surface area contributed by atoms with E-state index in [4.69, 9.17) is 4.74 Å². The van der Waals surface area contributed by atoms with E-state index in [1.54, 1.807) is 31.2 Å². The molecule has 0 aromatic heterocycles. The Kier molecular flexibility index (Phi) is 6.45. The van der Waals surface area contributed by atoms with E-state index in [0.717, 1.165) is 5.56 Å². The quantitative estimate of drug-likeness (QED) is 0.531. The number of hydrogen-bond donors (Lipinski definition) is 2. The average molecular weight is 470 g/mol. The smallest absolute Gasteiger partial charge is 0.480 e. The number of alkyl halides is 3. The van der Waals surface area contributed by atoms with Gasteiger partial charge in [0, 0.05) is 17.7 Å². The summed E-state index contributed by atoms with van der Waals surface area (Å²) in [6.45, 7) is 1.71. The third-order valence-corrected chi connectivity index (χ3v) is 5.29. The molecule has 6 nitrogen and oxygen atoms in total. The number of nitrogens with one attached hydrogen (secondary N) is 2. The molecule has 4 rings (SSSR count). The summed E-state index contributed by atoms with van der Waals surface area (Å²) in [5.74, 6) is -0.373. The Bertz CT molecular complexity index is 1170. The fourth-order valence-electron chi connectivity index (χ4n) is 3.61. The Morgan fingerprint density at radius 1 is 1.03 bits per heavy atom. The van der Waals surface area contributed by atoms with Crippen LogP contribution < -0.4 is 20.1 Å². The van der Waals surface area contributed by atoms with E-state index in [1.165, 1.54) is 24.3 Å². The summed E-state index contributed by atoms with van der Waals surface area (Å²) in [6, 6.07) is 18.7. The van der Waals surface area contributed by atoms with Gasteiger partial charge in [-0.1, -0.05) is 36.4 Å². The lowest BCUT2D eigenvalue weighted by Gasteiger charge is -2.16. The number of rotatable bonds is 6. The van der Waals surface area contributed by atoms with E-state index in [-0.39, 0.29) is 11.7 Å². The molecule has 0 radical (unpaired) electrons. The first-order chi connectivity index (χ1) is 16.2. The Morgan fingerprint density at radius 3 is 2.47 bits per heavy atom. The minimum Gasteiger partial charge on any atom is -0.480 e. The summed E-state index contributed by atoms with van der Waals surface area (Å²) in [4.78, 5) is 25.3. The molecular weight excluding hydrogens is 449 g/mol. The van der Waals surface area contributed by atoms with Gasteiger partial charge in [0.2, 0.25) is 0 Å². The molecule has 34 heavy (non-hydrogen) atoms. The van der Waals surface area contributed by atoms with Crippen LogP contribution in [0.25, 0.3) is 0 Å². The highest BCUT2D eigenvalue weighted by molar-refractivity contribution is 5.98. The molecule has 0 saturated heterocycles. The number of fused-ring (bicyclic) bond motifs is 1. The van der Waals surface area contributed by atoms with Crippen molar-refractivity contribution < 1.29 is 32.2 Å². The first kappa shape index (κ1) is 23.2. The molecule has 0 fully saturated rings. The first-order valence-electron chi connectivity index (χ1n) is 10.5. The zero-order valence-electron chi connectivity index (χ0n) is 18.1. The van der Waals surface area contributed by atoms with Crippen molar-refractivity contribution in [2.45, 2.75) is 31.9 Å². The Balaban J connectivity index is 1.36. The number of carbonyl (C=O) groups is 2. The maximum atomic E-state index is 12.7. The van der Waals surface area contributed by atoms with Gasteiger partial charge in [-0.25, -0.2) is 0 Å². The van der Waals surface area contributed by atoms with Crippen LogP contribution in [0, 0.1) is 0 Å². The number of amides is 2. The Hall–Kier alpha value is -4.01. The van der Waals surface area contributed by atoms with Crippen molar-refractivity contribution in [1.82, 2.24) is 5.32 Å². The number of anilines is 1. The lowest BCUT2D eigenvalue weighted by Crippen LogP contribution is -2.31. The van der Waals surface area contributed by atoms with Crippen LogP contribution in [0.4, 0.5) is 18.9 Å². The van der Waals surface area contributed by atoms with E-state index < -0.39 is 24.4 Å². The van der Waals surface area contributed by atoms with Gasteiger partial charge in [0.25, 0.3) is 11.8 Å². The molecule has 2 atom stereocenters. The summed E-state index contributed by atoms with van der Waals surface area (Å²) in [5, 5.41) is 5.56. The first-order valence-corrected chi connectivity index (χ1v) is 10.5. The SMILES string of the molecule is CC(NC(=O)c1cccc(NC(=O)C2Cc3ccccc3O2)c1)c1ccc(OC(F)(F)F)cc1. The van der Waals surface area contributed by atoms with Crippen LogP contribution in [0.2, 0.25) is 0 Å². The summed E-state index contributed by atoms with van der Waals surface area (Å²) >= 11 is 0. The van der Waals surface area contributed by atoms with Gasteiger partial charge in [0.15, 0.2) is 6.10 Å². The highest BCUT2D eigenvalue weighted by Gasteiger charge is 2.31. The molecule has 176 valence electrons. The summed E-state index contributed by atoms with van der Waals surface area (Å²) in [7, 11) is 0. The maximum absolute atomic E-state index is 12.7. The second-order valence-electron chi connectivity index (χ2n) is 7.80. The summed E-state index contributed by atoms with van der Waals surface area (Å²) in [6.07, 6.45) is -4.96. The zero-order chi connectivity index (χ0) is 24.3. The van der Waals surface area contributed by atoms with Crippen LogP contribution in [-0.4, -0.2) is 24.3 Å². The number of benzene rings is 3. The molecule has 1 heterocycles. The molecule has 1 aliphatic rings. The van der Waals surface area contributed by atoms with Gasteiger partial charge in [-0.3, -0.25) is 9.59 Å². The van der Waals surface area contributed by atoms with Crippen LogP contribution in [0.5, 0.6) is 11.5 Å². The molecule has 0 spiro atoms. The predicted octanol–water partition coefficient (Wildman–Crippen LogP) is 5.02. The number of hydrogen-bond acceptors (Lipinski definition) is 4. The lowest BCUT2D eigenvalue weighted by atomic mass is 10.1. The van der Waals surface area contributed by atoms with Crippen LogP contribution in [0.1, 0.15) is 34.5 Å². The third kappa shape index (κ3) is 5.67. The minimum atomic E-state index is -4.77. The zero-order valence-corrected chi connectivity index (χ0v) is 18.1. The van der Waals surface area contributed by atoms with Crippen LogP contribution in [-0.2, 0) is 11.2 Å². The van der Waals surface area contributed by atoms with Crippen molar-refractivity contribution in [1.29, 1.82) is 0 Å². The van der Waals surface area contributed by atoms with Crippen molar-refractivity contribution in [2.24, 2.45) is 0 Å². The van der Waals surface area contributed by atoms with Gasteiger partial charge in [0.05, 0.1) is 6.04 Å². The molecule has 0 bridgehead atoms. The largest absolute Gasteiger partial charge is 0.573 e. The number of carbonyl (C=O) groups excluding carboxylic acids is 2. The van der Waals surface area contributed by atoms with E-state index in [1.807, 2.05) is 24.3 Å². The molecule has 1 aliphatic heterocycles. The van der Waals surface area contributed by atoms with Crippen molar-refractivity contribution in [3.63, 3.8) is 0 Å². The second kappa shape index (κ2) is 9.46. The summed E-state index contributed by atoms with van der Waals surface area (Å²) in [5.41, 5.74) is 2.32. The van der Waals surface area contributed by atoms with Gasteiger partial charge < -0.3 is 20.1 Å². The normalized spacial score (nSPS) is 15.6. The molecular formula is C25H21F3N2O4. The number of halogens is 3. The fourth-order valence-corrected chi connectivity index (χ4v) is 3.61. The van der Waals surface area contributed by atoms with E-state index in [9.17, 15) is 22.8 Å². The molecule has 0 aliphatic carbocycles. The summed E-state index contributed by atoms with van der Waals surface area (Å²) < 4.78 is 46.5. The molecule has 0 saturated carbocycles. The lowest BCUT2D eigenvalue weighted by molar-refractivity contribution is -0.274. The number of para-hydroxylation sites is 1. The van der Waals surface area contributed by atoms with Crippen LogP contribution in [0.15, 0.2) is 72.8 Å². The van der Waals surface area contributed by atoms with Crippen LogP contribution in [0.3, 0.4) is 0 Å². The van der Waals surface area contributed by atoms with Gasteiger partial charge in [-0.15, -0.1) is 13.2 Å². The van der Waals surface area contributed by atoms with Crippen molar-refractivity contribution in [2.75, 3.05) is 5.32 Å². The van der Waals surface area contributed by atoms with Gasteiger partial charge in [-0.05, 0) is 54.4 Å². The molecule has 2 amide bonds. The monoisotopic (exact) mass is 470 g/mol. The second-order valence-corrected chi connectivity index (χ2v) is 7.80. The average Bonchev–Trinajstić information content (AvgIpc) is 3.23. The van der Waals surface area contributed by atoms with E-state index in [2.05, 4.69) is 15.4 Å². The topological polar surface area (TPSA) is 76.7 Å². The van der Waals surface area contributed by atoms with E-state index >= 15 is 0 Å². The molecule has 3 aromatic carbocycles. The minimum absolute atomic E-state index is 0.316. The fraction of sp³-hybridized carbons (Fsp3) is 0.200. The Morgan fingerprint density at radius 2 is 1.76 bits per heavy atom. The Labute approximate surface area is 193 Å². The number of ether oxygens (including phenoxy) is 2. The maximum Gasteiger partial charge on any atom is 0.573 e. The molecule has 9 heteroatoms. The molecule has 2 N–H and O–H groups in total. The highest BCUT2D eigenvalue weighted by atomic mass is 19.4. The van der Waals surface area contributed by atoms with Crippen molar-refractivity contribution >= 4 is 17.5 Å². The molecule has 2 unspecified atom stereocenters. The highest BCUT2D eigenvalue weighted by Crippen LogP contribution is 2.29. The van der Waals surface area contributed by atoms with Crippen molar-refractivity contribution in [3.8, 4) is 11.5 Å². The third-order valence-electron chi connectivity index (χ3n) is 5.29. The van der Waals surface area contributed by atoms with Crippen molar-refractivity contribution in [3.05, 3.63) is 89.5 Å². The van der Waals surface area contributed by atoms with Gasteiger partial charge in [0.1, 0.15) is 11.5 Å².